The van der Waals surface area contributed by atoms with E-state index < -0.39 is 0 Å². The highest BCUT2D eigenvalue weighted by atomic mass is 16.4. The van der Waals surface area contributed by atoms with Gasteiger partial charge in [-0.2, -0.15) is 0 Å². The summed E-state index contributed by atoms with van der Waals surface area (Å²) in [7, 11) is 0. The minimum atomic E-state index is 0.121. The van der Waals surface area contributed by atoms with E-state index in [4.69, 9.17) is 10.2 Å². The third-order valence-corrected chi connectivity index (χ3v) is 2.71. The minimum absolute atomic E-state index is 0.121. The molecule has 1 aliphatic rings. The van der Waals surface area contributed by atoms with Gasteiger partial charge in [0.05, 0.1) is 0 Å². The maximum Gasteiger partial charge on any atom is 0.316 e. The van der Waals surface area contributed by atoms with Crippen LogP contribution in [0.5, 0.6) is 0 Å². The fourth-order valence-corrected chi connectivity index (χ4v) is 1.93. The summed E-state index contributed by atoms with van der Waals surface area (Å²) in [5.74, 6) is 0.747. The van der Waals surface area contributed by atoms with Gasteiger partial charge in [-0.3, -0.25) is 0 Å². The van der Waals surface area contributed by atoms with Crippen LogP contribution in [0, 0.1) is 5.92 Å². The number of nitrogen functional groups attached to an aromatic ring is 1. The average molecular weight is 196 g/mol. The van der Waals surface area contributed by atoms with Crippen LogP contribution in [0.3, 0.4) is 0 Å². The zero-order valence-electron chi connectivity index (χ0n) is 8.20. The zero-order valence-corrected chi connectivity index (χ0v) is 8.20. The molecule has 0 unspecified atom stereocenters. The molecule has 0 saturated heterocycles. The fourth-order valence-electron chi connectivity index (χ4n) is 1.93. The highest BCUT2D eigenvalue weighted by molar-refractivity contribution is 5.22. The Kier molecular flexibility index (Phi) is 2.86. The van der Waals surface area contributed by atoms with Crippen molar-refractivity contribution in [2.45, 2.75) is 32.1 Å². The third kappa shape index (κ3) is 2.37. The summed E-state index contributed by atoms with van der Waals surface area (Å²) in [6, 6.07) is 0.559. The van der Waals surface area contributed by atoms with Crippen molar-refractivity contribution >= 4 is 12.0 Å². The Labute approximate surface area is 83.1 Å². The smallest absolute Gasteiger partial charge is 0.316 e. The Bertz CT molecular complexity index is 280. The Morgan fingerprint density at radius 2 is 2.07 bits per heavy atom. The molecule has 0 amide bonds. The maximum absolute atomic E-state index is 5.31. The van der Waals surface area contributed by atoms with Gasteiger partial charge in [-0.15, -0.1) is 0 Å². The second kappa shape index (κ2) is 4.30. The summed E-state index contributed by atoms with van der Waals surface area (Å²) in [5, 5.41) is 10.4. The van der Waals surface area contributed by atoms with Crippen molar-refractivity contribution in [1.82, 2.24) is 10.2 Å². The topological polar surface area (TPSA) is 77.0 Å². The standard InChI is InChI=1S/C9H16N4O/c10-8-12-13-9(14-8)11-6-7-4-2-1-3-5-7/h7H,1-6H2,(H2,10,12)(H,11,13). The van der Waals surface area contributed by atoms with Gasteiger partial charge in [-0.05, 0) is 18.8 Å². The summed E-state index contributed by atoms with van der Waals surface area (Å²) in [6.45, 7) is 0.918. The van der Waals surface area contributed by atoms with Crippen LogP contribution in [0.4, 0.5) is 12.0 Å². The second-order valence-electron chi connectivity index (χ2n) is 3.83. The van der Waals surface area contributed by atoms with E-state index in [0.29, 0.717) is 6.01 Å². The molecule has 78 valence electrons. The lowest BCUT2D eigenvalue weighted by molar-refractivity contribution is 0.371. The molecule has 5 heteroatoms. The van der Waals surface area contributed by atoms with E-state index in [9.17, 15) is 0 Å². The van der Waals surface area contributed by atoms with Crippen LogP contribution in [0.25, 0.3) is 0 Å². The maximum atomic E-state index is 5.31. The first kappa shape index (κ1) is 9.30. The Morgan fingerprint density at radius 3 is 2.71 bits per heavy atom. The Balaban J connectivity index is 1.76. The van der Waals surface area contributed by atoms with E-state index in [0.717, 1.165) is 12.5 Å². The third-order valence-electron chi connectivity index (χ3n) is 2.71. The normalized spacial score (nSPS) is 18.3. The molecule has 1 aromatic rings. The molecule has 0 atom stereocenters. The summed E-state index contributed by atoms with van der Waals surface area (Å²) in [6.07, 6.45) is 6.67. The number of hydrogen-bond acceptors (Lipinski definition) is 5. The van der Waals surface area contributed by atoms with Crippen molar-refractivity contribution in [2.24, 2.45) is 5.92 Å². The lowest BCUT2D eigenvalue weighted by Crippen LogP contribution is -2.17. The minimum Gasteiger partial charge on any atom is -0.390 e. The van der Waals surface area contributed by atoms with Crippen LogP contribution in [0.2, 0.25) is 0 Å². The predicted molar refractivity (Wildman–Crippen MR) is 53.8 cm³/mol. The number of hydrogen-bond donors (Lipinski definition) is 2. The highest BCUT2D eigenvalue weighted by Crippen LogP contribution is 2.23. The summed E-state index contributed by atoms with van der Waals surface area (Å²) in [5.41, 5.74) is 5.31. The number of rotatable bonds is 3. The van der Waals surface area contributed by atoms with Crippen LogP contribution in [0.15, 0.2) is 4.42 Å². The van der Waals surface area contributed by atoms with Crippen molar-refractivity contribution in [3.63, 3.8) is 0 Å². The molecule has 0 radical (unpaired) electrons. The molecule has 1 aliphatic carbocycles. The number of nitrogens with zero attached hydrogens (tertiary/aromatic N) is 2. The quantitative estimate of drug-likeness (QED) is 0.768. The number of anilines is 2. The van der Waals surface area contributed by atoms with Crippen LogP contribution >= 0.6 is 0 Å². The van der Waals surface area contributed by atoms with Gasteiger partial charge in [0.1, 0.15) is 0 Å². The van der Waals surface area contributed by atoms with E-state index >= 15 is 0 Å². The molecule has 3 N–H and O–H groups in total. The second-order valence-corrected chi connectivity index (χ2v) is 3.83. The molecule has 1 saturated carbocycles. The van der Waals surface area contributed by atoms with E-state index in [1.54, 1.807) is 0 Å². The van der Waals surface area contributed by atoms with Gasteiger partial charge in [-0.1, -0.05) is 29.5 Å². The van der Waals surface area contributed by atoms with E-state index in [2.05, 4.69) is 15.5 Å². The Morgan fingerprint density at radius 1 is 1.29 bits per heavy atom. The molecule has 0 aromatic carbocycles. The first-order valence-electron chi connectivity index (χ1n) is 5.17. The highest BCUT2D eigenvalue weighted by Gasteiger charge is 2.13. The van der Waals surface area contributed by atoms with Crippen LogP contribution in [0.1, 0.15) is 32.1 Å². The van der Waals surface area contributed by atoms with E-state index in [-0.39, 0.29) is 6.01 Å². The molecule has 1 fully saturated rings. The first-order valence-corrected chi connectivity index (χ1v) is 5.17. The molecule has 5 nitrogen and oxygen atoms in total. The molecular formula is C9H16N4O. The summed E-state index contributed by atoms with van der Waals surface area (Å²) >= 11 is 0. The molecule has 0 aliphatic heterocycles. The molecule has 1 aromatic heterocycles. The van der Waals surface area contributed by atoms with Crippen molar-refractivity contribution in [1.29, 1.82) is 0 Å². The zero-order chi connectivity index (χ0) is 9.80. The van der Waals surface area contributed by atoms with Crippen molar-refractivity contribution in [2.75, 3.05) is 17.6 Å². The van der Waals surface area contributed by atoms with Crippen LogP contribution in [-0.4, -0.2) is 16.7 Å². The number of aromatic nitrogens is 2. The molecular weight excluding hydrogens is 180 g/mol. The van der Waals surface area contributed by atoms with E-state index in [1.165, 1.54) is 32.1 Å². The van der Waals surface area contributed by atoms with Crippen LogP contribution < -0.4 is 11.1 Å². The number of nitrogens with one attached hydrogen (secondary N) is 1. The molecule has 0 spiro atoms. The van der Waals surface area contributed by atoms with Gasteiger partial charge in [0, 0.05) is 6.54 Å². The first-order chi connectivity index (χ1) is 6.84. The van der Waals surface area contributed by atoms with Gasteiger partial charge < -0.3 is 15.5 Å². The van der Waals surface area contributed by atoms with Crippen LogP contribution in [-0.2, 0) is 0 Å². The summed E-state index contributed by atoms with van der Waals surface area (Å²) in [4.78, 5) is 0. The molecule has 2 rings (SSSR count). The van der Waals surface area contributed by atoms with Gasteiger partial charge in [0.15, 0.2) is 0 Å². The monoisotopic (exact) mass is 196 g/mol. The average Bonchev–Trinajstić information content (AvgIpc) is 2.63. The van der Waals surface area contributed by atoms with Crippen molar-refractivity contribution in [3.8, 4) is 0 Å². The molecule has 14 heavy (non-hydrogen) atoms. The number of nitrogens with two attached hydrogens (primary N) is 1. The summed E-state index contributed by atoms with van der Waals surface area (Å²) < 4.78 is 5.02. The van der Waals surface area contributed by atoms with E-state index in [1.807, 2.05) is 0 Å². The van der Waals surface area contributed by atoms with Crippen molar-refractivity contribution in [3.05, 3.63) is 0 Å². The van der Waals surface area contributed by atoms with Crippen molar-refractivity contribution < 1.29 is 4.42 Å². The fraction of sp³-hybridized carbons (Fsp3) is 0.778. The lowest BCUT2D eigenvalue weighted by atomic mass is 9.89. The lowest BCUT2D eigenvalue weighted by Gasteiger charge is -2.20. The predicted octanol–water partition coefficient (Wildman–Crippen LogP) is 1.64. The molecule has 0 bridgehead atoms. The Hall–Kier alpha value is -1.26. The van der Waals surface area contributed by atoms with Gasteiger partial charge in [-0.25, -0.2) is 0 Å². The van der Waals surface area contributed by atoms with Gasteiger partial charge in [0.25, 0.3) is 0 Å². The molecule has 1 heterocycles. The van der Waals surface area contributed by atoms with Gasteiger partial charge >= 0.3 is 12.0 Å². The largest absolute Gasteiger partial charge is 0.390 e. The SMILES string of the molecule is Nc1nnc(NCC2CCCCC2)o1. The van der Waals surface area contributed by atoms with Gasteiger partial charge in [0.2, 0.25) is 0 Å².